The van der Waals surface area contributed by atoms with Gasteiger partial charge in [-0.2, -0.15) is 0 Å². The number of methoxy groups -OCH3 is 1. The third-order valence-electron chi connectivity index (χ3n) is 4.92. The number of ether oxygens (including phenoxy) is 2. The van der Waals surface area contributed by atoms with Crippen LogP contribution in [0.3, 0.4) is 0 Å². The Bertz CT molecular complexity index is 847. The van der Waals surface area contributed by atoms with E-state index in [1.54, 1.807) is 24.3 Å². The summed E-state index contributed by atoms with van der Waals surface area (Å²) >= 11 is 0. The van der Waals surface area contributed by atoms with Gasteiger partial charge >= 0.3 is 0 Å². The number of furan rings is 1. The first kappa shape index (κ1) is 20.8. The highest BCUT2D eigenvalue weighted by molar-refractivity contribution is 5.89. The van der Waals surface area contributed by atoms with E-state index in [1.165, 1.54) is 0 Å². The number of hydrogen-bond acceptors (Lipinski definition) is 5. The Morgan fingerprint density at radius 1 is 1.28 bits per heavy atom. The summed E-state index contributed by atoms with van der Waals surface area (Å²) in [6.45, 7) is 6.60. The second-order valence-electron chi connectivity index (χ2n) is 7.56. The van der Waals surface area contributed by atoms with E-state index < -0.39 is 0 Å². The fourth-order valence-corrected chi connectivity index (χ4v) is 3.41. The fraction of sp³-hybridized carbons (Fsp3) is 0.455. The second-order valence-corrected chi connectivity index (χ2v) is 7.56. The van der Waals surface area contributed by atoms with Crippen LogP contribution in [-0.4, -0.2) is 36.5 Å². The zero-order valence-electron chi connectivity index (χ0n) is 17.3. The largest absolute Gasteiger partial charge is 0.493 e. The summed E-state index contributed by atoms with van der Waals surface area (Å²) in [6, 6.07) is 9.01. The molecule has 0 saturated carbocycles. The molecule has 2 heterocycles. The van der Waals surface area contributed by atoms with Gasteiger partial charge in [0.1, 0.15) is 5.76 Å². The average Bonchev–Trinajstić information content (AvgIpc) is 3.32. The second kappa shape index (κ2) is 9.03. The Labute approximate surface area is 171 Å². The first-order valence-electron chi connectivity index (χ1n) is 9.82. The van der Waals surface area contributed by atoms with Crippen molar-refractivity contribution in [3.05, 3.63) is 47.9 Å². The van der Waals surface area contributed by atoms with Gasteiger partial charge in [0.15, 0.2) is 11.5 Å². The molecule has 2 unspecified atom stereocenters. The van der Waals surface area contributed by atoms with Crippen LogP contribution in [0.5, 0.6) is 11.5 Å². The maximum Gasteiger partial charge on any atom is 0.225 e. The molecule has 1 aromatic carbocycles. The first-order valence-corrected chi connectivity index (χ1v) is 9.82. The highest BCUT2D eigenvalue weighted by Gasteiger charge is 2.35. The summed E-state index contributed by atoms with van der Waals surface area (Å²) in [6.07, 6.45) is 1.83. The van der Waals surface area contributed by atoms with E-state index in [2.05, 4.69) is 5.32 Å². The van der Waals surface area contributed by atoms with Gasteiger partial charge in [-0.05, 0) is 50.6 Å². The van der Waals surface area contributed by atoms with Gasteiger partial charge in [0.25, 0.3) is 0 Å². The number of rotatable bonds is 8. The summed E-state index contributed by atoms with van der Waals surface area (Å²) in [5, 5.41) is 3.01. The van der Waals surface area contributed by atoms with Crippen LogP contribution in [-0.2, 0) is 16.1 Å². The minimum Gasteiger partial charge on any atom is -0.493 e. The first-order chi connectivity index (χ1) is 13.9. The molecular formula is C22H28N2O5. The standard InChI is InChI=1S/C22H28N2O5/c1-14(2)29-19-8-7-16(10-20(19)27-4)15(3)23-22(26)17-11-21(25)24(12-17)13-18-6-5-9-28-18/h5-10,14-15,17H,11-13H2,1-4H3,(H,23,26). The zero-order chi connectivity index (χ0) is 21.0. The number of carbonyl (C=O) groups excluding carboxylic acids is 2. The van der Waals surface area contributed by atoms with Crippen molar-refractivity contribution < 1.29 is 23.5 Å². The lowest BCUT2D eigenvalue weighted by molar-refractivity contribution is -0.129. The Balaban J connectivity index is 1.61. The number of carbonyl (C=O) groups is 2. The SMILES string of the molecule is COc1cc(C(C)NC(=O)C2CC(=O)N(Cc3ccco3)C2)ccc1OC(C)C. The van der Waals surface area contributed by atoms with Crippen molar-refractivity contribution in [3.8, 4) is 11.5 Å². The summed E-state index contributed by atoms with van der Waals surface area (Å²) in [5.74, 6) is 1.46. The van der Waals surface area contributed by atoms with Crippen molar-refractivity contribution >= 4 is 11.8 Å². The third kappa shape index (κ3) is 5.10. The normalized spacial score (nSPS) is 17.5. The molecular weight excluding hydrogens is 372 g/mol. The quantitative estimate of drug-likeness (QED) is 0.735. The Hall–Kier alpha value is -2.96. The number of amides is 2. The molecule has 1 N–H and O–H groups in total. The molecule has 1 fully saturated rings. The summed E-state index contributed by atoms with van der Waals surface area (Å²) in [4.78, 5) is 26.6. The van der Waals surface area contributed by atoms with E-state index in [0.29, 0.717) is 30.3 Å². The van der Waals surface area contributed by atoms with Crippen molar-refractivity contribution in [2.45, 2.75) is 45.9 Å². The molecule has 0 radical (unpaired) electrons. The van der Waals surface area contributed by atoms with E-state index in [-0.39, 0.29) is 36.3 Å². The molecule has 7 heteroatoms. The molecule has 1 saturated heterocycles. The molecule has 1 aromatic heterocycles. The minimum atomic E-state index is -0.370. The topological polar surface area (TPSA) is 81.0 Å². The smallest absolute Gasteiger partial charge is 0.225 e. The Morgan fingerprint density at radius 2 is 2.07 bits per heavy atom. The molecule has 1 aliphatic heterocycles. The maximum absolute atomic E-state index is 12.7. The summed E-state index contributed by atoms with van der Waals surface area (Å²) < 4.78 is 16.5. The Morgan fingerprint density at radius 3 is 2.72 bits per heavy atom. The van der Waals surface area contributed by atoms with Crippen molar-refractivity contribution in [2.24, 2.45) is 5.92 Å². The zero-order valence-corrected chi connectivity index (χ0v) is 17.3. The van der Waals surface area contributed by atoms with Gasteiger partial charge in [0.05, 0.1) is 38.0 Å². The van der Waals surface area contributed by atoms with E-state index in [9.17, 15) is 9.59 Å². The van der Waals surface area contributed by atoms with Crippen molar-refractivity contribution in [2.75, 3.05) is 13.7 Å². The van der Waals surface area contributed by atoms with E-state index in [4.69, 9.17) is 13.9 Å². The van der Waals surface area contributed by atoms with Gasteiger partial charge in [-0.1, -0.05) is 6.07 Å². The van der Waals surface area contributed by atoms with Crippen molar-refractivity contribution in [1.82, 2.24) is 10.2 Å². The van der Waals surface area contributed by atoms with Gasteiger partial charge in [-0.15, -0.1) is 0 Å². The van der Waals surface area contributed by atoms with Crippen LogP contribution in [0.25, 0.3) is 0 Å². The van der Waals surface area contributed by atoms with Gasteiger partial charge in [-0.3, -0.25) is 9.59 Å². The van der Waals surface area contributed by atoms with Gasteiger partial charge in [0.2, 0.25) is 11.8 Å². The monoisotopic (exact) mass is 400 g/mol. The molecule has 156 valence electrons. The van der Waals surface area contributed by atoms with Crippen molar-refractivity contribution in [3.63, 3.8) is 0 Å². The third-order valence-corrected chi connectivity index (χ3v) is 4.92. The number of likely N-dealkylation sites (tertiary alicyclic amines) is 1. The minimum absolute atomic E-state index is 0.0361. The number of hydrogen-bond donors (Lipinski definition) is 1. The number of benzene rings is 1. The van der Waals surface area contributed by atoms with Crippen LogP contribution in [0.15, 0.2) is 41.0 Å². The van der Waals surface area contributed by atoms with Gasteiger partial charge < -0.3 is 24.1 Å². The van der Waals surface area contributed by atoms with Gasteiger partial charge in [0, 0.05) is 13.0 Å². The van der Waals surface area contributed by atoms with Crippen LogP contribution in [0, 0.1) is 5.92 Å². The van der Waals surface area contributed by atoms with Crippen LogP contribution >= 0.6 is 0 Å². The molecule has 0 bridgehead atoms. The summed E-state index contributed by atoms with van der Waals surface area (Å²) in [5.41, 5.74) is 0.906. The molecule has 3 rings (SSSR count). The van der Waals surface area contributed by atoms with Crippen molar-refractivity contribution in [1.29, 1.82) is 0 Å². The molecule has 2 atom stereocenters. The Kier molecular flexibility index (Phi) is 6.46. The highest BCUT2D eigenvalue weighted by Crippen LogP contribution is 2.31. The molecule has 7 nitrogen and oxygen atoms in total. The fourth-order valence-electron chi connectivity index (χ4n) is 3.41. The predicted molar refractivity (Wildman–Crippen MR) is 108 cm³/mol. The number of nitrogens with zero attached hydrogens (tertiary/aromatic N) is 1. The molecule has 2 amide bonds. The molecule has 1 aliphatic rings. The lowest BCUT2D eigenvalue weighted by atomic mass is 10.0. The highest BCUT2D eigenvalue weighted by atomic mass is 16.5. The number of nitrogens with one attached hydrogen (secondary N) is 1. The van der Waals surface area contributed by atoms with Crippen LogP contribution < -0.4 is 14.8 Å². The van der Waals surface area contributed by atoms with Crippen LogP contribution in [0.1, 0.15) is 44.6 Å². The molecule has 0 spiro atoms. The van der Waals surface area contributed by atoms with E-state index in [0.717, 1.165) is 5.56 Å². The van der Waals surface area contributed by atoms with E-state index in [1.807, 2.05) is 45.0 Å². The van der Waals surface area contributed by atoms with Crippen LogP contribution in [0.4, 0.5) is 0 Å². The predicted octanol–water partition coefficient (Wildman–Crippen LogP) is 3.30. The van der Waals surface area contributed by atoms with Crippen LogP contribution in [0.2, 0.25) is 0 Å². The van der Waals surface area contributed by atoms with E-state index >= 15 is 0 Å². The molecule has 2 aromatic rings. The molecule has 0 aliphatic carbocycles. The lowest BCUT2D eigenvalue weighted by Gasteiger charge is -2.20. The molecule has 29 heavy (non-hydrogen) atoms. The maximum atomic E-state index is 12.7. The average molecular weight is 400 g/mol. The van der Waals surface area contributed by atoms with Gasteiger partial charge in [-0.25, -0.2) is 0 Å². The summed E-state index contributed by atoms with van der Waals surface area (Å²) in [7, 11) is 1.59. The lowest BCUT2D eigenvalue weighted by Crippen LogP contribution is -2.34.